The topological polar surface area (TPSA) is 0 Å². The molecule has 0 aliphatic carbocycles. The molecule has 0 bridgehead atoms. The minimum atomic E-state index is 1.20. The van der Waals surface area contributed by atoms with E-state index < -0.39 is 0 Å². The number of halogens is 2. The van der Waals surface area contributed by atoms with Gasteiger partial charge in [-0.15, -0.1) is 46.2 Å². The molecular weight excluding hydrogens is 408 g/mol. The second kappa shape index (κ2) is 5.80. The van der Waals surface area contributed by atoms with Gasteiger partial charge in [-0.05, 0) is 56.5 Å². The Kier molecular flexibility index (Phi) is 4.89. The molecule has 0 nitrogen and oxygen atoms in total. The minimum absolute atomic E-state index is 1.20. The maximum absolute atomic E-state index is 3.57. The van der Waals surface area contributed by atoms with Crippen molar-refractivity contribution in [2.45, 2.75) is 9.79 Å². The summed E-state index contributed by atoms with van der Waals surface area (Å²) >= 11 is 14.3. The normalized spacial score (nSPS) is 11.0. The summed E-state index contributed by atoms with van der Waals surface area (Å²) in [5.74, 6) is 0. The monoisotopic (exact) mass is 414 g/mol. The number of hydrogen-bond acceptors (Lipinski definition) is 4. The number of thiophene rings is 2. The second-order valence-electron chi connectivity index (χ2n) is 2.90. The van der Waals surface area contributed by atoms with Crippen molar-refractivity contribution in [1.29, 1.82) is 0 Å². The van der Waals surface area contributed by atoms with Crippen molar-refractivity contribution < 1.29 is 0 Å². The van der Waals surface area contributed by atoms with E-state index in [9.17, 15) is 0 Å². The molecule has 0 saturated heterocycles. The van der Waals surface area contributed by atoms with Crippen LogP contribution in [0.15, 0.2) is 29.5 Å². The lowest BCUT2D eigenvalue weighted by molar-refractivity contribution is 1.52. The van der Waals surface area contributed by atoms with Crippen LogP contribution < -0.4 is 0 Å². The van der Waals surface area contributed by atoms with E-state index in [1.165, 1.54) is 27.1 Å². The largest absolute Gasteiger partial charge is 0.128 e. The number of hydrogen-bond donors (Lipinski definition) is 0. The lowest BCUT2D eigenvalue weighted by Crippen LogP contribution is -1.71. The standard InChI is InChI=1S/C10H8Br2S4/c1-13-5-3-7(11)15-9(5)10-6(14-2)4-8(12)16-10/h3-4H,1-2H3. The van der Waals surface area contributed by atoms with Crippen molar-refractivity contribution in [3.63, 3.8) is 0 Å². The zero-order valence-electron chi connectivity index (χ0n) is 8.54. The summed E-state index contributed by atoms with van der Waals surface area (Å²) < 4.78 is 2.40. The van der Waals surface area contributed by atoms with Crippen molar-refractivity contribution >= 4 is 78.1 Å². The highest BCUT2D eigenvalue weighted by molar-refractivity contribution is 9.11. The molecule has 0 spiro atoms. The van der Waals surface area contributed by atoms with Crippen molar-refractivity contribution in [2.75, 3.05) is 12.5 Å². The van der Waals surface area contributed by atoms with Crippen LogP contribution in [0, 0.1) is 0 Å². The van der Waals surface area contributed by atoms with E-state index in [1.54, 1.807) is 46.2 Å². The molecule has 2 rings (SSSR count). The predicted molar refractivity (Wildman–Crippen MR) is 86.6 cm³/mol. The summed E-state index contributed by atoms with van der Waals surface area (Å²) in [6.45, 7) is 0. The molecule has 0 unspecified atom stereocenters. The molecule has 0 fully saturated rings. The predicted octanol–water partition coefficient (Wildman–Crippen LogP) is 6.45. The summed E-state index contributed by atoms with van der Waals surface area (Å²) in [5, 5.41) is 0. The summed E-state index contributed by atoms with van der Waals surface area (Å²) in [5.41, 5.74) is 0. The van der Waals surface area contributed by atoms with Gasteiger partial charge in [0.15, 0.2) is 0 Å². The lowest BCUT2D eigenvalue weighted by Gasteiger charge is -2.00. The minimum Gasteiger partial charge on any atom is -0.128 e. The molecule has 0 atom stereocenters. The van der Waals surface area contributed by atoms with Gasteiger partial charge >= 0.3 is 0 Å². The molecule has 0 radical (unpaired) electrons. The van der Waals surface area contributed by atoms with E-state index >= 15 is 0 Å². The zero-order chi connectivity index (χ0) is 11.7. The van der Waals surface area contributed by atoms with Gasteiger partial charge in [-0.1, -0.05) is 0 Å². The van der Waals surface area contributed by atoms with Crippen molar-refractivity contribution in [2.24, 2.45) is 0 Å². The molecule has 0 N–H and O–H groups in total. The maximum Gasteiger partial charge on any atom is 0.0716 e. The van der Waals surface area contributed by atoms with Gasteiger partial charge < -0.3 is 0 Å². The average Bonchev–Trinajstić information content (AvgIpc) is 2.80. The van der Waals surface area contributed by atoms with Gasteiger partial charge in [0.25, 0.3) is 0 Å². The first-order valence-corrected chi connectivity index (χ1v) is 9.99. The van der Waals surface area contributed by atoms with Gasteiger partial charge in [-0.25, -0.2) is 0 Å². The second-order valence-corrected chi connectivity index (χ2v) is 9.46. The first-order valence-electron chi connectivity index (χ1n) is 4.32. The molecule has 6 heteroatoms. The summed E-state index contributed by atoms with van der Waals surface area (Å²) in [6, 6.07) is 4.39. The van der Waals surface area contributed by atoms with Gasteiger partial charge in [0.05, 0.1) is 17.3 Å². The molecule has 86 valence electrons. The van der Waals surface area contributed by atoms with Gasteiger partial charge in [-0.2, -0.15) is 0 Å². The first-order chi connectivity index (χ1) is 7.65. The van der Waals surface area contributed by atoms with Crippen LogP contribution in [0.3, 0.4) is 0 Å². The van der Waals surface area contributed by atoms with E-state index in [4.69, 9.17) is 0 Å². The Morgan fingerprint density at radius 3 is 1.56 bits per heavy atom. The highest BCUT2D eigenvalue weighted by Gasteiger charge is 2.15. The van der Waals surface area contributed by atoms with Crippen LogP contribution in [0.2, 0.25) is 0 Å². The Bertz CT molecular complexity index is 455. The molecule has 0 aliphatic rings. The number of rotatable bonds is 3. The fourth-order valence-electron chi connectivity index (χ4n) is 1.31. The maximum atomic E-state index is 3.57. The Labute approximate surface area is 128 Å². The van der Waals surface area contributed by atoms with E-state index in [0.29, 0.717) is 0 Å². The third-order valence-electron chi connectivity index (χ3n) is 1.98. The fourth-order valence-corrected chi connectivity index (χ4v) is 6.84. The third kappa shape index (κ3) is 2.72. The van der Waals surface area contributed by atoms with Gasteiger partial charge in [-0.3, -0.25) is 0 Å². The van der Waals surface area contributed by atoms with Crippen LogP contribution in [-0.2, 0) is 0 Å². The molecule has 0 aromatic carbocycles. The molecule has 2 aromatic heterocycles. The molecule has 2 heterocycles. The molecular formula is C10H8Br2S4. The summed E-state index contributed by atoms with van der Waals surface area (Å²) in [4.78, 5) is 5.45. The van der Waals surface area contributed by atoms with E-state index in [0.717, 1.165) is 0 Å². The Balaban J connectivity index is 2.56. The van der Waals surface area contributed by atoms with Crippen LogP contribution in [0.4, 0.5) is 0 Å². The molecule has 16 heavy (non-hydrogen) atoms. The highest BCUT2D eigenvalue weighted by Crippen LogP contribution is 2.48. The van der Waals surface area contributed by atoms with Crippen LogP contribution in [0.25, 0.3) is 9.75 Å². The van der Waals surface area contributed by atoms with Gasteiger partial charge in [0.2, 0.25) is 0 Å². The summed E-state index contributed by atoms with van der Waals surface area (Å²) in [7, 11) is 0. The Hall–Kier alpha value is 1.06. The number of thioether (sulfide) groups is 2. The molecule has 0 aliphatic heterocycles. The highest BCUT2D eigenvalue weighted by atomic mass is 79.9. The van der Waals surface area contributed by atoms with Gasteiger partial charge in [0.1, 0.15) is 0 Å². The Morgan fingerprint density at radius 2 is 1.25 bits per heavy atom. The SMILES string of the molecule is CSc1cc(Br)sc1-c1sc(Br)cc1SC. The Morgan fingerprint density at radius 1 is 0.875 bits per heavy atom. The summed E-state index contributed by atoms with van der Waals surface area (Å²) in [6.07, 6.45) is 4.25. The lowest BCUT2D eigenvalue weighted by atomic mass is 10.4. The van der Waals surface area contributed by atoms with Crippen molar-refractivity contribution in [3.8, 4) is 9.75 Å². The van der Waals surface area contributed by atoms with Crippen LogP contribution in [0.1, 0.15) is 0 Å². The van der Waals surface area contributed by atoms with Crippen LogP contribution >= 0.6 is 78.1 Å². The third-order valence-corrected chi connectivity index (χ3v) is 7.20. The molecule has 0 amide bonds. The van der Waals surface area contributed by atoms with Crippen molar-refractivity contribution in [3.05, 3.63) is 19.7 Å². The van der Waals surface area contributed by atoms with E-state index in [1.807, 2.05) is 0 Å². The first kappa shape index (κ1) is 13.5. The quantitative estimate of drug-likeness (QED) is 0.528. The van der Waals surface area contributed by atoms with E-state index in [-0.39, 0.29) is 0 Å². The molecule has 0 saturated carbocycles. The van der Waals surface area contributed by atoms with E-state index in [2.05, 4.69) is 56.5 Å². The van der Waals surface area contributed by atoms with Crippen molar-refractivity contribution in [1.82, 2.24) is 0 Å². The molecule has 2 aromatic rings. The average molecular weight is 416 g/mol. The van der Waals surface area contributed by atoms with Crippen LogP contribution in [0.5, 0.6) is 0 Å². The zero-order valence-corrected chi connectivity index (χ0v) is 15.0. The fraction of sp³-hybridized carbons (Fsp3) is 0.200. The van der Waals surface area contributed by atoms with Gasteiger partial charge in [0, 0.05) is 9.79 Å². The smallest absolute Gasteiger partial charge is 0.0716 e. The van der Waals surface area contributed by atoms with Crippen LogP contribution in [-0.4, -0.2) is 12.5 Å².